The minimum Gasteiger partial charge on any atom is -0.492 e. The minimum absolute atomic E-state index is 0.0588. The molecule has 1 unspecified atom stereocenters. The first-order valence-electron chi connectivity index (χ1n) is 14.3. The van der Waals surface area contributed by atoms with Crippen LogP contribution in [0.5, 0.6) is 17.2 Å². The molecule has 0 fully saturated rings. The average Bonchev–Trinajstić information content (AvgIpc) is 3.49. The molecule has 0 radical (unpaired) electrons. The van der Waals surface area contributed by atoms with Crippen LogP contribution in [-0.4, -0.2) is 43.7 Å². The molecule has 0 saturated heterocycles. The van der Waals surface area contributed by atoms with Gasteiger partial charge in [0.05, 0.1) is 18.6 Å². The van der Waals surface area contributed by atoms with Crippen molar-refractivity contribution < 1.29 is 45.7 Å². The van der Waals surface area contributed by atoms with Crippen molar-refractivity contribution in [2.24, 2.45) is 0 Å². The molecule has 1 heterocycles. The van der Waals surface area contributed by atoms with Crippen molar-refractivity contribution in [2.45, 2.75) is 69.9 Å². The summed E-state index contributed by atoms with van der Waals surface area (Å²) in [5.74, 6) is 0.201. The van der Waals surface area contributed by atoms with Gasteiger partial charge in [-0.05, 0) is 104 Å². The molecule has 236 valence electrons. The first kappa shape index (κ1) is 31.7. The lowest BCUT2D eigenvalue weighted by atomic mass is 9.88. The highest BCUT2D eigenvalue weighted by atomic mass is 32.2. The lowest BCUT2D eigenvalue weighted by molar-refractivity contribution is -0.138. The molecule has 0 spiro atoms. The number of aryl methyl sites for hydroxylation is 2. The van der Waals surface area contributed by atoms with E-state index in [-0.39, 0.29) is 25.6 Å². The number of benzene rings is 3. The lowest BCUT2D eigenvalue weighted by Gasteiger charge is -2.24. The van der Waals surface area contributed by atoms with Gasteiger partial charge in [0.15, 0.2) is 9.84 Å². The number of halogens is 3. The van der Waals surface area contributed by atoms with E-state index in [1.54, 1.807) is 58.0 Å². The van der Waals surface area contributed by atoms with E-state index >= 15 is 0 Å². The first-order valence-corrected chi connectivity index (χ1v) is 16.2. The summed E-state index contributed by atoms with van der Waals surface area (Å²) >= 11 is 0. The summed E-state index contributed by atoms with van der Waals surface area (Å²) in [5.41, 5.74) is 3.79. The van der Waals surface area contributed by atoms with Crippen LogP contribution in [0.25, 0.3) is 11.1 Å². The molecule has 1 aliphatic carbocycles. The number of sulfone groups is 1. The number of hydrogen-bond donors (Lipinski definition) is 1. The highest BCUT2D eigenvalue weighted by molar-refractivity contribution is 7.92. The van der Waals surface area contributed by atoms with Gasteiger partial charge >= 0.3 is 12.1 Å². The standard InChI is InChI=1S/C33H35F3O7S/c1-18-10-23(42-17-32(3,4)44(5,39)40)11-19(2)31(18)27-14-21(33(34,35)36)13-26-25(27)8-9-28(26)43-22-6-7-24-20(12-30(37)38)16-41-29(24)15-22/h6-7,10-11,13-15,20,28H,8-9,12,16-17H2,1-5H3,(H,37,38)/t20?,28-/m1/s1. The maximum atomic E-state index is 14.2. The Morgan fingerprint density at radius 1 is 1.02 bits per heavy atom. The minimum atomic E-state index is -4.58. The largest absolute Gasteiger partial charge is 0.492 e. The molecule has 44 heavy (non-hydrogen) atoms. The first-order chi connectivity index (χ1) is 20.4. The van der Waals surface area contributed by atoms with Crippen LogP contribution >= 0.6 is 0 Å². The number of alkyl halides is 3. The van der Waals surface area contributed by atoms with E-state index in [4.69, 9.17) is 19.3 Å². The van der Waals surface area contributed by atoms with Crippen LogP contribution in [0.4, 0.5) is 13.2 Å². The molecular weight excluding hydrogens is 597 g/mol. The monoisotopic (exact) mass is 632 g/mol. The topological polar surface area (TPSA) is 99.1 Å². The molecule has 1 N–H and O–H groups in total. The average molecular weight is 633 g/mol. The highest BCUT2D eigenvalue weighted by Gasteiger charge is 2.37. The molecule has 0 aromatic heterocycles. The number of ether oxygens (including phenoxy) is 3. The van der Waals surface area contributed by atoms with Crippen LogP contribution in [0, 0.1) is 13.8 Å². The van der Waals surface area contributed by atoms with Gasteiger partial charge in [-0.1, -0.05) is 6.07 Å². The number of aliphatic carboxylic acids is 1. The molecular formula is C33H35F3O7S. The summed E-state index contributed by atoms with van der Waals surface area (Å²) in [6.07, 6.45) is -3.13. The zero-order chi connectivity index (χ0) is 32.2. The Hall–Kier alpha value is -3.73. The van der Waals surface area contributed by atoms with Crippen LogP contribution in [-0.2, 0) is 27.2 Å². The summed E-state index contributed by atoms with van der Waals surface area (Å²) in [4.78, 5) is 11.2. The smallest absolute Gasteiger partial charge is 0.416 e. The number of carbonyl (C=O) groups is 1. The fourth-order valence-electron chi connectivity index (χ4n) is 5.87. The molecule has 3 aromatic carbocycles. The van der Waals surface area contributed by atoms with E-state index in [1.165, 1.54) is 12.1 Å². The Morgan fingerprint density at radius 3 is 2.32 bits per heavy atom. The van der Waals surface area contributed by atoms with Crippen molar-refractivity contribution >= 4 is 15.8 Å². The van der Waals surface area contributed by atoms with Crippen molar-refractivity contribution in [3.05, 3.63) is 75.8 Å². The van der Waals surface area contributed by atoms with Crippen molar-refractivity contribution in [2.75, 3.05) is 19.5 Å². The van der Waals surface area contributed by atoms with Crippen molar-refractivity contribution in [1.82, 2.24) is 0 Å². The second-order valence-electron chi connectivity index (χ2n) is 12.3. The molecule has 0 saturated carbocycles. The second-order valence-corrected chi connectivity index (χ2v) is 14.9. The third-order valence-corrected chi connectivity index (χ3v) is 10.7. The molecule has 5 rings (SSSR count). The Morgan fingerprint density at radius 2 is 1.70 bits per heavy atom. The third-order valence-electron chi connectivity index (χ3n) is 8.55. The van der Waals surface area contributed by atoms with E-state index in [1.807, 2.05) is 0 Å². The summed E-state index contributed by atoms with van der Waals surface area (Å²) in [5, 5.41) is 9.16. The summed E-state index contributed by atoms with van der Waals surface area (Å²) in [6, 6.07) is 10.9. The SMILES string of the molecule is Cc1cc(OCC(C)(C)S(C)(=O)=O)cc(C)c1-c1cc(C(F)(F)F)cc2c1CC[C@H]2Oc1ccc2c(c1)OCC2CC(=O)O. The van der Waals surface area contributed by atoms with Crippen LogP contribution in [0.3, 0.4) is 0 Å². The van der Waals surface area contributed by atoms with Gasteiger partial charge < -0.3 is 19.3 Å². The lowest BCUT2D eigenvalue weighted by Crippen LogP contribution is -2.37. The second kappa shape index (κ2) is 11.3. The van der Waals surface area contributed by atoms with Crippen LogP contribution < -0.4 is 14.2 Å². The van der Waals surface area contributed by atoms with E-state index < -0.39 is 38.4 Å². The molecule has 0 bridgehead atoms. The molecule has 2 aliphatic rings. The van der Waals surface area contributed by atoms with Gasteiger partial charge in [-0.3, -0.25) is 4.79 Å². The number of carboxylic acids is 1. The van der Waals surface area contributed by atoms with E-state index in [0.29, 0.717) is 57.9 Å². The van der Waals surface area contributed by atoms with Gasteiger partial charge in [0.25, 0.3) is 0 Å². The predicted octanol–water partition coefficient (Wildman–Crippen LogP) is 7.21. The van der Waals surface area contributed by atoms with E-state index in [0.717, 1.165) is 17.4 Å². The Bertz CT molecular complexity index is 1700. The van der Waals surface area contributed by atoms with Crippen LogP contribution in [0.2, 0.25) is 0 Å². The third kappa shape index (κ3) is 6.24. The molecule has 1 aliphatic heterocycles. The maximum absolute atomic E-state index is 14.2. The fourth-order valence-corrected chi connectivity index (χ4v) is 6.14. The van der Waals surface area contributed by atoms with Gasteiger partial charge in [-0.2, -0.15) is 13.2 Å². The van der Waals surface area contributed by atoms with Crippen molar-refractivity contribution in [1.29, 1.82) is 0 Å². The zero-order valence-electron chi connectivity index (χ0n) is 25.2. The molecule has 2 atom stereocenters. The predicted molar refractivity (Wildman–Crippen MR) is 159 cm³/mol. The summed E-state index contributed by atoms with van der Waals surface area (Å²) < 4.78 is 83.4. The number of rotatable bonds is 9. The van der Waals surface area contributed by atoms with Crippen molar-refractivity contribution in [3.63, 3.8) is 0 Å². The molecule has 3 aromatic rings. The van der Waals surface area contributed by atoms with Gasteiger partial charge in [0.1, 0.15) is 34.7 Å². The van der Waals surface area contributed by atoms with Gasteiger partial charge in [-0.25, -0.2) is 8.42 Å². The number of fused-ring (bicyclic) bond motifs is 2. The van der Waals surface area contributed by atoms with Crippen LogP contribution in [0.15, 0.2) is 42.5 Å². The van der Waals surface area contributed by atoms with Gasteiger partial charge in [-0.15, -0.1) is 0 Å². The quantitative estimate of drug-likeness (QED) is 0.266. The normalized spacial score (nSPS) is 18.0. The van der Waals surface area contributed by atoms with Crippen LogP contribution in [0.1, 0.15) is 72.1 Å². The Labute approximate surface area is 254 Å². The Balaban J connectivity index is 1.48. The van der Waals surface area contributed by atoms with Crippen molar-refractivity contribution in [3.8, 4) is 28.4 Å². The zero-order valence-corrected chi connectivity index (χ0v) is 26.0. The van der Waals surface area contributed by atoms with E-state index in [9.17, 15) is 26.4 Å². The summed E-state index contributed by atoms with van der Waals surface area (Å²) in [6.45, 7) is 6.92. The number of hydrogen-bond acceptors (Lipinski definition) is 6. The Kier molecular flexibility index (Phi) is 8.15. The fraction of sp³-hybridized carbons (Fsp3) is 0.424. The van der Waals surface area contributed by atoms with E-state index in [2.05, 4.69) is 0 Å². The number of carboxylic acid groups (broad SMARTS) is 1. The highest BCUT2D eigenvalue weighted by Crippen LogP contribution is 2.47. The van der Waals surface area contributed by atoms with Gasteiger partial charge in [0.2, 0.25) is 0 Å². The van der Waals surface area contributed by atoms with Gasteiger partial charge in [0, 0.05) is 23.8 Å². The maximum Gasteiger partial charge on any atom is 0.416 e. The molecule has 7 nitrogen and oxygen atoms in total. The molecule has 0 amide bonds. The summed E-state index contributed by atoms with van der Waals surface area (Å²) in [7, 11) is -3.38. The molecule has 11 heteroatoms.